The Balaban J connectivity index is 2.62. The second-order valence-electron chi connectivity index (χ2n) is 4.46. The number of hydrogen-bond donors (Lipinski definition) is 0. The summed E-state index contributed by atoms with van der Waals surface area (Å²) in [5.74, 6) is 0.450. The molecule has 1 aliphatic rings. The van der Waals surface area contributed by atoms with Crippen LogP contribution >= 0.6 is 0 Å². The Morgan fingerprint density at radius 2 is 1.38 bits per heavy atom. The first kappa shape index (κ1) is 10.4. The lowest BCUT2D eigenvalue weighted by Crippen LogP contribution is -2.22. The molecule has 1 fully saturated rings. The van der Waals surface area contributed by atoms with Gasteiger partial charge in [-0.05, 0) is 32.1 Å². The quantitative estimate of drug-likeness (QED) is 0.669. The number of Topliss-reactive ketones (excluding diaryl/α,β-unsaturated/α-hetero) is 2. The van der Waals surface area contributed by atoms with Crippen LogP contribution in [-0.4, -0.2) is 11.6 Å². The predicted molar refractivity (Wildman–Crippen MR) is 51.5 cm³/mol. The van der Waals surface area contributed by atoms with Crippen LogP contribution in [0.1, 0.15) is 52.4 Å². The number of carbonyl (C=O) groups is 2. The lowest BCUT2D eigenvalue weighted by atomic mass is 9.77. The Kier molecular flexibility index (Phi) is 3.23. The molecule has 1 rings (SSSR count). The van der Waals surface area contributed by atoms with Gasteiger partial charge in [-0.25, -0.2) is 0 Å². The smallest absolute Gasteiger partial charge is 0.130 e. The van der Waals surface area contributed by atoms with E-state index in [4.69, 9.17) is 0 Å². The minimum Gasteiger partial charge on any atom is -0.300 e. The largest absolute Gasteiger partial charge is 0.300 e. The second kappa shape index (κ2) is 4.03. The molecule has 0 aliphatic heterocycles. The maximum atomic E-state index is 11.1. The summed E-state index contributed by atoms with van der Waals surface area (Å²) < 4.78 is 0. The lowest BCUT2D eigenvalue weighted by Gasteiger charge is -2.26. The molecule has 0 bridgehead atoms. The highest BCUT2D eigenvalue weighted by atomic mass is 16.1. The van der Waals surface area contributed by atoms with Crippen molar-refractivity contribution in [3.05, 3.63) is 0 Å². The number of rotatable bonds is 4. The molecule has 0 aromatic rings. The van der Waals surface area contributed by atoms with E-state index in [9.17, 15) is 9.59 Å². The summed E-state index contributed by atoms with van der Waals surface area (Å²) in [5.41, 5.74) is 0.0394. The fourth-order valence-electron chi connectivity index (χ4n) is 2.60. The van der Waals surface area contributed by atoms with Gasteiger partial charge in [0.1, 0.15) is 11.6 Å². The Morgan fingerprint density at radius 1 is 1.00 bits per heavy atom. The molecule has 0 aromatic carbocycles. The molecule has 74 valence electrons. The zero-order valence-electron chi connectivity index (χ0n) is 8.56. The van der Waals surface area contributed by atoms with Crippen molar-refractivity contribution in [2.24, 2.45) is 5.41 Å². The summed E-state index contributed by atoms with van der Waals surface area (Å²) in [6.07, 6.45) is 5.69. The van der Waals surface area contributed by atoms with Crippen molar-refractivity contribution in [2.45, 2.75) is 52.4 Å². The van der Waals surface area contributed by atoms with Crippen LogP contribution in [0, 0.1) is 5.41 Å². The summed E-state index contributed by atoms with van der Waals surface area (Å²) in [7, 11) is 0. The Labute approximate surface area is 79.7 Å². The SMILES string of the molecule is CC(=O)CC1(CC(C)=O)CCCC1. The molecule has 1 aliphatic carbocycles. The summed E-state index contributed by atoms with van der Waals surface area (Å²) in [4.78, 5) is 22.2. The van der Waals surface area contributed by atoms with Gasteiger partial charge in [0.15, 0.2) is 0 Å². The van der Waals surface area contributed by atoms with Crippen molar-refractivity contribution < 1.29 is 9.59 Å². The Hall–Kier alpha value is -0.660. The lowest BCUT2D eigenvalue weighted by molar-refractivity contribution is -0.122. The van der Waals surface area contributed by atoms with Crippen LogP contribution < -0.4 is 0 Å². The molecule has 0 atom stereocenters. The van der Waals surface area contributed by atoms with Gasteiger partial charge in [0.25, 0.3) is 0 Å². The van der Waals surface area contributed by atoms with Crippen LogP contribution in [-0.2, 0) is 9.59 Å². The van der Waals surface area contributed by atoms with E-state index < -0.39 is 0 Å². The van der Waals surface area contributed by atoms with Gasteiger partial charge in [0.2, 0.25) is 0 Å². The van der Waals surface area contributed by atoms with Crippen molar-refractivity contribution in [1.29, 1.82) is 0 Å². The average Bonchev–Trinajstić information content (AvgIpc) is 2.33. The maximum absolute atomic E-state index is 11.1. The molecule has 0 N–H and O–H groups in total. The van der Waals surface area contributed by atoms with Crippen LogP contribution in [0.3, 0.4) is 0 Å². The third-order valence-electron chi connectivity index (χ3n) is 2.91. The van der Waals surface area contributed by atoms with Crippen molar-refractivity contribution in [1.82, 2.24) is 0 Å². The molecular formula is C11H18O2. The first-order chi connectivity index (χ1) is 6.04. The van der Waals surface area contributed by atoms with Gasteiger partial charge in [-0.2, -0.15) is 0 Å². The van der Waals surface area contributed by atoms with Crippen LogP contribution in [0.2, 0.25) is 0 Å². The highest BCUT2D eigenvalue weighted by Gasteiger charge is 2.35. The van der Waals surface area contributed by atoms with Crippen LogP contribution in [0.4, 0.5) is 0 Å². The first-order valence-corrected chi connectivity index (χ1v) is 5.03. The van der Waals surface area contributed by atoms with Gasteiger partial charge >= 0.3 is 0 Å². The minimum atomic E-state index is 0.0394. The molecule has 0 aromatic heterocycles. The fraction of sp³-hybridized carbons (Fsp3) is 0.818. The average molecular weight is 182 g/mol. The van der Waals surface area contributed by atoms with Crippen molar-refractivity contribution in [3.8, 4) is 0 Å². The fourth-order valence-corrected chi connectivity index (χ4v) is 2.60. The van der Waals surface area contributed by atoms with Crippen LogP contribution in [0.15, 0.2) is 0 Å². The van der Waals surface area contributed by atoms with E-state index in [-0.39, 0.29) is 17.0 Å². The molecule has 2 nitrogen and oxygen atoms in total. The van der Waals surface area contributed by atoms with Gasteiger partial charge in [-0.15, -0.1) is 0 Å². The monoisotopic (exact) mass is 182 g/mol. The zero-order chi connectivity index (χ0) is 9.90. The number of carbonyl (C=O) groups excluding carboxylic acids is 2. The van der Waals surface area contributed by atoms with Crippen LogP contribution in [0.5, 0.6) is 0 Å². The number of hydrogen-bond acceptors (Lipinski definition) is 2. The third-order valence-corrected chi connectivity index (χ3v) is 2.91. The van der Waals surface area contributed by atoms with E-state index >= 15 is 0 Å². The van der Waals surface area contributed by atoms with Gasteiger partial charge in [-0.1, -0.05) is 12.8 Å². The zero-order valence-corrected chi connectivity index (χ0v) is 8.56. The summed E-state index contributed by atoms with van der Waals surface area (Å²) in [6, 6.07) is 0. The molecule has 13 heavy (non-hydrogen) atoms. The summed E-state index contributed by atoms with van der Waals surface area (Å²) in [6.45, 7) is 3.25. The molecule has 0 radical (unpaired) electrons. The van der Waals surface area contributed by atoms with Gasteiger partial charge in [-0.3, -0.25) is 0 Å². The molecule has 2 heteroatoms. The maximum Gasteiger partial charge on any atom is 0.130 e. The minimum absolute atomic E-state index is 0.0394. The highest BCUT2D eigenvalue weighted by molar-refractivity contribution is 5.80. The molecule has 0 spiro atoms. The molecule has 0 amide bonds. The van der Waals surface area contributed by atoms with Crippen molar-refractivity contribution >= 4 is 11.6 Å². The Bertz CT molecular complexity index is 194. The third kappa shape index (κ3) is 2.94. The van der Waals surface area contributed by atoms with Crippen molar-refractivity contribution in [3.63, 3.8) is 0 Å². The summed E-state index contributed by atoms with van der Waals surface area (Å²) in [5, 5.41) is 0. The van der Waals surface area contributed by atoms with E-state index in [0.717, 1.165) is 12.8 Å². The van der Waals surface area contributed by atoms with Crippen LogP contribution in [0.25, 0.3) is 0 Å². The van der Waals surface area contributed by atoms with E-state index in [1.165, 1.54) is 12.8 Å². The van der Waals surface area contributed by atoms with E-state index in [1.54, 1.807) is 13.8 Å². The second-order valence-corrected chi connectivity index (χ2v) is 4.46. The topological polar surface area (TPSA) is 34.1 Å². The standard InChI is InChI=1S/C11H18O2/c1-9(12)7-11(8-10(2)13)5-3-4-6-11/h3-8H2,1-2H3. The van der Waals surface area contributed by atoms with E-state index in [2.05, 4.69) is 0 Å². The predicted octanol–water partition coefficient (Wildman–Crippen LogP) is 2.51. The van der Waals surface area contributed by atoms with E-state index in [0.29, 0.717) is 12.8 Å². The summed E-state index contributed by atoms with van der Waals surface area (Å²) >= 11 is 0. The first-order valence-electron chi connectivity index (χ1n) is 5.03. The van der Waals surface area contributed by atoms with Gasteiger partial charge in [0.05, 0.1) is 0 Å². The highest BCUT2D eigenvalue weighted by Crippen LogP contribution is 2.44. The number of ketones is 2. The normalized spacial score (nSPS) is 20.2. The van der Waals surface area contributed by atoms with Crippen molar-refractivity contribution in [2.75, 3.05) is 0 Å². The van der Waals surface area contributed by atoms with Gasteiger partial charge in [0, 0.05) is 12.8 Å². The molecule has 0 saturated heterocycles. The molecular weight excluding hydrogens is 164 g/mol. The molecule has 0 heterocycles. The Morgan fingerprint density at radius 3 is 1.69 bits per heavy atom. The van der Waals surface area contributed by atoms with E-state index in [1.807, 2.05) is 0 Å². The molecule has 1 saturated carbocycles. The molecule has 0 unspecified atom stereocenters. The van der Waals surface area contributed by atoms with Gasteiger partial charge < -0.3 is 9.59 Å².